The van der Waals surface area contributed by atoms with Crippen LogP contribution in [-0.2, 0) is 4.79 Å². The number of benzene rings is 2. The zero-order valence-electron chi connectivity index (χ0n) is 25.8. The van der Waals surface area contributed by atoms with Gasteiger partial charge >= 0.3 is 0 Å². The van der Waals surface area contributed by atoms with E-state index in [0.29, 0.717) is 48.7 Å². The molecule has 5 N–H and O–H groups in total. The van der Waals surface area contributed by atoms with E-state index in [2.05, 4.69) is 45.1 Å². The number of amides is 1. The third-order valence-corrected chi connectivity index (χ3v) is 8.96. The highest BCUT2D eigenvalue weighted by Gasteiger charge is 2.43. The van der Waals surface area contributed by atoms with Gasteiger partial charge in [-0.2, -0.15) is 9.97 Å². The lowest BCUT2D eigenvalue weighted by atomic mass is 9.99. The number of nitrogens with one attached hydrogen (secondary N) is 3. The number of rotatable bonds is 12. The molecule has 1 saturated heterocycles. The number of aliphatic hydroxyl groups excluding tert-OH is 2. The number of imidazole rings is 1. The summed E-state index contributed by atoms with van der Waals surface area (Å²) in [4.78, 5) is 29.3. The molecule has 2 aliphatic rings. The summed E-state index contributed by atoms with van der Waals surface area (Å²) in [6.45, 7) is 5.73. The molecule has 1 saturated carbocycles. The third kappa shape index (κ3) is 7.11. The first-order valence-corrected chi connectivity index (χ1v) is 16.2. The molecule has 3 heterocycles. The van der Waals surface area contributed by atoms with Gasteiger partial charge in [0.1, 0.15) is 12.2 Å². The van der Waals surface area contributed by atoms with Crippen LogP contribution in [0, 0.1) is 0 Å². The predicted molar refractivity (Wildman–Crippen MR) is 175 cm³/mol. The van der Waals surface area contributed by atoms with Gasteiger partial charge in [0.25, 0.3) is 0 Å². The average molecular weight is 613 g/mol. The largest absolute Gasteiger partial charge is 0.388 e. The molecular formula is C34H44N8O3. The highest BCUT2D eigenvalue weighted by Crippen LogP contribution is 2.36. The maximum atomic E-state index is 12.3. The number of hydrogen-bond donors (Lipinski definition) is 5. The molecule has 11 heteroatoms. The maximum absolute atomic E-state index is 12.3. The minimum Gasteiger partial charge on any atom is -0.388 e. The van der Waals surface area contributed by atoms with Gasteiger partial charge in [-0.1, -0.05) is 74.0 Å². The normalized spacial score (nSPS) is 22.1. The Morgan fingerprint density at radius 3 is 2.31 bits per heavy atom. The SMILES string of the molecule is CCCC(=O)N[C@H]1C[C@@H](n2cnc3c(NC(c4ccccc4)c4ccccc4)nc(NCCN4CCCCC4)nc32)[C@H](O)[C@@H]1O. The van der Waals surface area contributed by atoms with Gasteiger partial charge in [0, 0.05) is 19.5 Å². The molecular weight excluding hydrogens is 568 g/mol. The minimum atomic E-state index is -1.10. The summed E-state index contributed by atoms with van der Waals surface area (Å²) >= 11 is 0. The van der Waals surface area contributed by atoms with Crippen molar-refractivity contribution < 1.29 is 15.0 Å². The van der Waals surface area contributed by atoms with Crippen molar-refractivity contribution in [1.29, 1.82) is 0 Å². The number of anilines is 2. The van der Waals surface area contributed by atoms with Crippen molar-refractivity contribution in [2.45, 2.75) is 75.8 Å². The number of nitrogens with zero attached hydrogens (tertiary/aromatic N) is 5. The van der Waals surface area contributed by atoms with Crippen LogP contribution >= 0.6 is 0 Å². The van der Waals surface area contributed by atoms with Crippen LogP contribution in [0.2, 0.25) is 0 Å². The smallest absolute Gasteiger partial charge is 0.226 e. The van der Waals surface area contributed by atoms with E-state index in [1.54, 1.807) is 6.33 Å². The van der Waals surface area contributed by atoms with Crippen LogP contribution in [0.1, 0.15) is 68.7 Å². The van der Waals surface area contributed by atoms with Crippen molar-refractivity contribution in [2.24, 2.45) is 0 Å². The number of piperidine rings is 1. The quantitative estimate of drug-likeness (QED) is 0.161. The summed E-state index contributed by atoms with van der Waals surface area (Å²) in [6, 6.07) is 19.1. The van der Waals surface area contributed by atoms with Crippen LogP contribution in [-0.4, -0.2) is 85.0 Å². The van der Waals surface area contributed by atoms with E-state index >= 15 is 0 Å². The number of aliphatic hydroxyl groups is 2. The standard InChI is InChI=1S/C34H44N8O3/c1-2-12-27(43)37-25-21-26(31(45)30(25)44)42-22-36-29-32(38-28(23-13-6-3-7-14-23)24-15-8-4-9-16-24)39-34(40-33(29)42)35-17-20-41-18-10-5-11-19-41/h3-4,6-9,13-16,22,25-26,28,30-31,44-45H,2,5,10-12,17-21H2,1H3,(H,37,43)(H2,35,38,39,40)/t25-,26+,30+,31-/m0/s1. The molecule has 0 bridgehead atoms. The van der Waals surface area contributed by atoms with Gasteiger partial charge in [-0.25, -0.2) is 4.98 Å². The number of aromatic nitrogens is 4. The molecule has 2 aromatic carbocycles. The number of carbonyl (C=O) groups excluding carboxylic acids is 1. The Kier molecular flexibility index (Phi) is 9.88. The fourth-order valence-electron chi connectivity index (χ4n) is 6.57. The fraction of sp³-hybridized carbons (Fsp3) is 0.471. The van der Waals surface area contributed by atoms with E-state index in [1.807, 2.05) is 47.9 Å². The summed E-state index contributed by atoms with van der Waals surface area (Å²) in [6.07, 6.45) is 4.63. The highest BCUT2D eigenvalue weighted by atomic mass is 16.3. The van der Waals surface area contributed by atoms with Crippen molar-refractivity contribution in [3.63, 3.8) is 0 Å². The number of fused-ring (bicyclic) bond motifs is 1. The van der Waals surface area contributed by atoms with E-state index in [4.69, 9.17) is 15.0 Å². The van der Waals surface area contributed by atoms with Crippen molar-refractivity contribution in [3.8, 4) is 0 Å². The molecule has 0 unspecified atom stereocenters. The van der Waals surface area contributed by atoms with E-state index < -0.39 is 24.3 Å². The monoisotopic (exact) mass is 612 g/mol. The Hall–Kier alpha value is -4.06. The van der Waals surface area contributed by atoms with Crippen molar-refractivity contribution >= 4 is 28.8 Å². The summed E-state index contributed by atoms with van der Waals surface area (Å²) in [7, 11) is 0. The molecule has 4 aromatic rings. The van der Waals surface area contributed by atoms with Gasteiger partial charge in [0.15, 0.2) is 17.0 Å². The van der Waals surface area contributed by atoms with Crippen molar-refractivity contribution in [2.75, 3.05) is 36.8 Å². The summed E-state index contributed by atoms with van der Waals surface area (Å²) in [5, 5.41) is 32.0. The number of hydrogen-bond acceptors (Lipinski definition) is 9. The number of carbonyl (C=O) groups is 1. The zero-order chi connectivity index (χ0) is 31.2. The molecule has 2 fully saturated rings. The second-order valence-electron chi connectivity index (χ2n) is 12.2. The van der Waals surface area contributed by atoms with Crippen LogP contribution in [0.5, 0.6) is 0 Å². The molecule has 0 spiro atoms. The first-order valence-electron chi connectivity index (χ1n) is 16.2. The second-order valence-corrected chi connectivity index (χ2v) is 12.2. The molecule has 2 aromatic heterocycles. The highest BCUT2D eigenvalue weighted by molar-refractivity contribution is 5.85. The Morgan fingerprint density at radius 1 is 0.956 bits per heavy atom. The maximum Gasteiger partial charge on any atom is 0.226 e. The molecule has 0 radical (unpaired) electrons. The van der Waals surface area contributed by atoms with Crippen LogP contribution in [0.25, 0.3) is 11.2 Å². The predicted octanol–water partition coefficient (Wildman–Crippen LogP) is 3.88. The average Bonchev–Trinajstić information content (AvgIpc) is 3.61. The molecule has 11 nitrogen and oxygen atoms in total. The van der Waals surface area contributed by atoms with Gasteiger partial charge in [0.05, 0.1) is 24.5 Å². The Labute approximate surface area is 264 Å². The zero-order valence-corrected chi connectivity index (χ0v) is 25.8. The van der Waals surface area contributed by atoms with Gasteiger partial charge in [-0.05, 0) is 49.9 Å². The summed E-state index contributed by atoms with van der Waals surface area (Å²) < 4.78 is 1.82. The molecule has 1 aliphatic carbocycles. The first kappa shape index (κ1) is 30.9. The van der Waals surface area contributed by atoms with Gasteiger partial charge < -0.3 is 35.6 Å². The van der Waals surface area contributed by atoms with E-state index in [9.17, 15) is 15.0 Å². The van der Waals surface area contributed by atoms with Gasteiger partial charge in [-0.3, -0.25) is 4.79 Å². The van der Waals surface area contributed by atoms with Gasteiger partial charge in [0.2, 0.25) is 11.9 Å². The van der Waals surface area contributed by atoms with E-state index in [1.165, 1.54) is 19.3 Å². The van der Waals surface area contributed by atoms with Crippen LogP contribution in [0.3, 0.4) is 0 Å². The van der Waals surface area contributed by atoms with Crippen molar-refractivity contribution in [3.05, 3.63) is 78.1 Å². The van der Waals surface area contributed by atoms with Crippen molar-refractivity contribution in [1.82, 2.24) is 29.7 Å². The van der Waals surface area contributed by atoms with E-state index in [-0.39, 0.29) is 11.9 Å². The number of likely N-dealkylation sites (tertiary alicyclic amines) is 1. The first-order chi connectivity index (χ1) is 22.0. The Balaban J connectivity index is 1.34. The minimum absolute atomic E-state index is 0.133. The lowest BCUT2D eigenvalue weighted by Crippen LogP contribution is -2.42. The summed E-state index contributed by atoms with van der Waals surface area (Å²) in [5.74, 6) is 0.897. The lowest BCUT2D eigenvalue weighted by Gasteiger charge is -2.26. The van der Waals surface area contributed by atoms with Crippen LogP contribution < -0.4 is 16.0 Å². The molecule has 4 atom stereocenters. The Bertz CT molecular complexity index is 1500. The Morgan fingerprint density at radius 2 is 1.64 bits per heavy atom. The fourth-order valence-corrected chi connectivity index (χ4v) is 6.57. The third-order valence-electron chi connectivity index (χ3n) is 8.96. The topological polar surface area (TPSA) is 140 Å². The van der Waals surface area contributed by atoms with E-state index in [0.717, 1.165) is 30.8 Å². The van der Waals surface area contributed by atoms with Gasteiger partial charge in [-0.15, -0.1) is 0 Å². The lowest BCUT2D eigenvalue weighted by molar-refractivity contribution is -0.122. The molecule has 1 amide bonds. The van der Waals surface area contributed by atoms with Crippen LogP contribution in [0.4, 0.5) is 11.8 Å². The molecule has 6 rings (SSSR count). The van der Waals surface area contributed by atoms with Crippen LogP contribution in [0.15, 0.2) is 67.0 Å². The second kappa shape index (κ2) is 14.4. The summed E-state index contributed by atoms with van der Waals surface area (Å²) in [5.41, 5.74) is 3.27. The molecule has 45 heavy (non-hydrogen) atoms. The molecule has 238 valence electrons. The molecule has 1 aliphatic heterocycles.